The summed E-state index contributed by atoms with van der Waals surface area (Å²) in [5, 5.41) is 10.3. The van der Waals surface area contributed by atoms with Gasteiger partial charge in [-0.3, -0.25) is 5.10 Å². The van der Waals surface area contributed by atoms with Crippen LogP contribution in [0.3, 0.4) is 0 Å². The third-order valence-corrected chi connectivity index (χ3v) is 5.07. The second-order valence-corrected chi connectivity index (χ2v) is 7.12. The van der Waals surface area contributed by atoms with Crippen molar-refractivity contribution in [3.05, 3.63) is 83.9 Å². The lowest BCUT2D eigenvalue weighted by Gasteiger charge is -2.15. The maximum atomic E-state index is 14.0. The summed E-state index contributed by atoms with van der Waals surface area (Å²) in [7, 11) is 0. The number of alkyl halides is 3. The van der Waals surface area contributed by atoms with E-state index in [1.54, 1.807) is 24.3 Å². The van der Waals surface area contributed by atoms with E-state index in [9.17, 15) is 22.0 Å². The van der Waals surface area contributed by atoms with Crippen LogP contribution in [0.5, 0.6) is 0 Å². The first-order valence-corrected chi connectivity index (χ1v) is 9.48. The minimum atomic E-state index is -4.56. The second kappa shape index (κ2) is 7.30. The molecule has 0 fully saturated rings. The number of para-hydroxylation sites is 1. The van der Waals surface area contributed by atoms with E-state index >= 15 is 0 Å². The van der Waals surface area contributed by atoms with Gasteiger partial charge in [0.2, 0.25) is 0 Å². The number of nitrogens with zero attached hydrogens (tertiary/aromatic N) is 2. The van der Waals surface area contributed by atoms with Crippen LogP contribution in [0.1, 0.15) is 5.56 Å². The van der Waals surface area contributed by atoms with Crippen LogP contribution in [0.4, 0.5) is 33.5 Å². The summed E-state index contributed by atoms with van der Waals surface area (Å²) in [5.41, 5.74) is 0.0365. The first kappa shape index (κ1) is 19.9. The van der Waals surface area contributed by atoms with Gasteiger partial charge >= 0.3 is 6.18 Å². The molecule has 2 heterocycles. The SMILES string of the molecule is Fc1cc(F)c2[nH]nc(Nc3cc(-c4ccccc4C(F)(F)F)nc4ccccc34)c2c1. The fraction of sp³-hybridized carbons (Fsp3) is 0.0435. The molecule has 2 N–H and O–H groups in total. The average Bonchev–Trinajstić information content (AvgIpc) is 3.16. The molecule has 5 aromatic rings. The van der Waals surface area contributed by atoms with E-state index in [2.05, 4.69) is 20.5 Å². The van der Waals surface area contributed by atoms with Crippen LogP contribution in [-0.4, -0.2) is 15.2 Å². The monoisotopic (exact) mass is 440 g/mol. The van der Waals surface area contributed by atoms with Crippen molar-refractivity contribution in [2.75, 3.05) is 5.32 Å². The van der Waals surface area contributed by atoms with Crippen LogP contribution >= 0.6 is 0 Å². The Bertz CT molecular complexity index is 1470. The number of rotatable bonds is 3. The highest BCUT2D eigenvalue weighted by Gasteiger charge is 2.33. The smallest absolute Gasteiger partial charge is 0.338 e. The Kier molecular flexibility index (Phi) is 4.54. The van der Waals surface area contributed by atoms with E-state index in [0.717, 1.165) is 18.2 Å². The number of halogens is 5. The number of benzene rings is 3. The molecular weight excluding hydrogens is 427 g/mol. The van der Waals surface area contributed by atoms with Gasteiger partial charge in [-0.25, -0.2) is 13.8 Å². The topological polar surface area (TPSA) is 53.6 Å². The first-order chi connectivity index (χ1) is 15.3. The number of hydrogen-bond acceptors (Lipinski definition) is 3. The minimum Gasteiger partial charge on any atom is -0.338 e. The summed E-state index contributed by atoms with van der Waals surface area (Å²) in [5.74, 6) is -1.46. The van der Waals surface area contributed by atoms with Crippen molar-refractivity contribution in [2.24, 2.45) is 0 Å². The van der Waals surface area contributed by atoms with Gasteiger partial charge in [0.15, 0.2) is 11.6 Å². The van der Waals surface area contributed by atoms with Crippen LogP contribution in [0.25, 0.3) is 33.1 Å². The van der Waals surface area contributed by atoms with E-state index in [0.29, 0.717) is 16.6 Å². The molecule has 9 heteroatoms. The molecule has 0 bridgehead atoms. The molecule has 160 valence electrons. The molecule has 3 aromatic carbocycles. The zero-order valence-corrected chi connectivity index (χ0v) is 16.1. The number of fused-ring (bicyclic) bond motifs is 2. The molecule has 0 unspecified atom stereocenters. The number of nitrogens with one attached hydrogen (secondary N) is 2. The van der Waals surface area contributed by atoms with Gasteiger partial charge in [0.1, 0.15) is 11.3 Å². The van der Waals surface area contributed by atoms with E-state index in [1.807, 2.05) is 0 Å². The second-order valence-electron chi connectivity index (χ2n) is 7.12. The zero-order chi connectivity index (χ0) is 22.5. The van der Waals surface area contributed by atoms with Gasteiger partial charge in [0, 0.05) is 22.4 Å². The average molecular weight is 440 g/mol. The highest BCUT2D eigenvalue weighted by atomic mass is 19.4. The highest BCUT2D eigenvalue weighted by molar-refractivity contribution is 5.99. The molecule has 0 radical (unpaired) electrons. The van der Waals surface area contributed by atoms with Crippen molar-refractivity contribution in [3.8, 4) is 11.3 Å². The third kappa shape index (κ3) is 3.41. The first-order valence-electron chi connectivity index (χ1n) is 9.48. The lowest BCUT2D eigenvalue weighted by molar-refractivity contribution is -0.137. The Morgan fingerprint density at radius 2 is 1.59 bits per heavy atom. The van der Waals surface area contributed by atoms with E-state index in [-0.39, 0.29) is 28.0 Å². The molecule has 2 aromatic heterocycles. The number of H-pyrrole nitrogens is 1. The van der Waals surface area contributed by atoms with Crippen molar-refractivity contribution in [2.45, 2.75) is 6.18 Å². The Morgan fingerprint density at radius 1 is 0.844 bits per heavy atom. The minimum absolute atomic E-state index is 0.00917. The van der Waals surface area contributed by atoms with Crippen molar-refractivity contribution >= 4 is 33.3 Å². The van der Waals surface area contributed by atoms with E-state index < -0.39 is 23.4 Å². The van der Waals surface area contributed by atoms with Gasteiger partial charge in [-0.1, -0.05) is 36.4 Å². The van der Waals surface area contributed by atoms with Gasteiger partial charge in [0.05, 0.1) is 22.5 Å². The predicted molar refractivity (Wildman–Crippen MR) is 111 cm³/mol. The molecule has 4 nitrogen and oxygen atoms in total. The maximum Gasteiger partial charge on any atom is 0.417 e. The number of pyridine rings is 1. The molecule has 0 aliphatic carbocycles. The number of anilines is 2. The molecular formula is C23H13F5N4. The number of aromatic nitrogens is 3. The fourth-order valence-corrected chi connectivity index (χ4v) is 3.64. The van der Waals surface area contributed by atoms with Gasteiger partial charge in [0.25, 0.3) is 0 Å². The number of hydrogen-bond donors (Lipinski definition) is 2. The Morgan fingerprint density at radius 3 is 2.41 bits per heavy atom. The standard InChI is InChI=1S/C23H13F5N4/c24-12-9-15-21(17(25)10-12)31-32-22(15)30-20-11-19(29-18-8-4-2-6-14(18)20)13-5-1-3-7-16(13)23(26,27)28/h1-11H,(H2,29,30,31,32). The van der Waals surface area contributed by atoms with E-state index in [4.69, 9.17) is 0 Å². The molecule has 0 aliphatic rings. The molecule has 5 rings (SSSR count). The predicted octanol–water partition coefficient (Wildman–Crippen LogP) is 6.82. The molecule has 32 heavy (non-hydrogen) atoms. The summed E-state index contributed by atoms with van der Waals surface area (Å²) in [4.78, 5) is 4.41. The van der Waals surface area contributed by atoms with Crippen molar-refractivity contribution < 1.29 is 22.0 Å². The van der Waals surface area contributed by atoms with E-state index in [1.165, 1.54) is 24.3 Å². The molecule has 0 saturated heterocycles. The van der Waals surface area contributed by atoms with Crippen molar-refractivity contribution in [3.63, 3.8) is 0 Å². The van der Waals surface area contributed by atoms with Gasteiger partial charge < -0.3 is 5.32 Å². The van der Waals surface area contributed by atoms with Crippen LogP contribution in [0.2, 0.25) is 0 Å². The Hall–Kier alpha value is -4.01. The molecule has 0 aliphatic heterocycles. The van der Waals surface area contributed by atoms with Crippen LogP contribution in [0.15, 0.2) is 66.7 Å². The van der Waals surface area contributed by atoms with Gasteiger partial charge in [-0.05, 0) is 24.3 Å². The van der Waals surface area contributed by atoms with Crippen molar-refractivity contribution in [1.29, 1.82) is 0 Å². The van der Waals surface area contributed by atoms with Crippen LogP contribution in [0, 0.1) is 11.6 Å². The molecule has 0 spiro atoms. The Labute approximate surface area is 177 Å². The molecule has 0 amide bonds. The summed E-state index contributed by atoms with van der Waals surface area (Å²) in [6, 6.07) is 15.3. The molecule has 0 saturated carbocycles. The number of aromatic amines is 1. The lowest BCUT2D eigenvalue weighted by atomic mass is 10.0. The maximum absolute atomic E-state index is 14.0. The zero-order valence-electron chi connectivity index (χ0n) is 16.1. The van der Waals surface area contributed by atoms with Gasteiger partial charge in [-0.15, -0.1) is 0 Å². The normalized spacial score (nSPS) is 11.9. The third-order valence-electron chi connectivity index (χ3n) is 5.07. The summed E-state index contributed by atoms with van der Waals surface area (Å²) >= 11 is 0. The summed E-state index contributed by atoms with van der Waals surface area (Å²) in [6.45, 7) is 0. The highest BCUT2D eigenvalue weighted by Crippen LogP contribution is 2.39. The summed E-state index contributed by atoms with van der Waals surface area (Å²) < 4.78 is 68.5. The lowest BCUT2D eigenvalue weighted by Crippen LogP contribution is -2.07. The Balaban J connectivity index is 1.70. The van der Waals surface area contributed by atoms with Gasteiger partial charge in [-0.2, -0.15) is 18.3 Å². The fourth-order valence-electron chi connectivity index (χ4n) is 3.64. The van der Waals surface area contributed by atoms with Crippen LogP contribution < -0.4 is 5.32 Å². The molecule has 0 atom stereocenters. The quantitative estimate of drug-likeness (QED) is 0.303. The van der Waals surface area contributed by atoms with Crippen LogP contribution in [-0.2, 0) is 6.18 Å². The largest absolute Gasteiger partial charge is 0.417 e. The van der Waals surface area contributed by atoms with Crippen molar-refractivity contribution in [1.82, 2.24) is 15.2 Å². The summed E-state index contributed by atoms with van der Waals surface area (Å²) in [6.07, 6.45) is -4.56.